The number of aromatic nitrogens is 2. The van der Waals surface area contributed by atoms with Gasteiger partial charge in [-0.1, -0.05) is 54.6 Å². The lowest BCUT2D eigenvalue weighted by Crippen LogP contribution is -2.39. The van der Waals surface area contributed by atoms with E-state index in [4.69, 9.17) is 33.7 Å². The van der Waals surface area contributed by atoms with E-state index in [2.05, 4.69) is 4.98 Å². The number of ether oxygens (including phenoxy) is 4. The van der Waals surface area contributed by atoms with Gasteiger partial charge in [0.1, 0.15) is 29.0 Å². The highest BCUT2D eigenvalue weighted by atomic mass is 31.1. The Kier molecular flexibility index (Phi) is 7.76. The maximum Gasteiger partial charge on any atom is 0.698 e. The molecule has 2 saturated heterocycles. The molecular formula is C30H29N3O8P+. The van der Waals surface area contributed by atoms with Gasteiger partial charge in [-0.15, -0.1) is 9.05 Å². The fourth-order valence-electron chi connectivity index (χ4n) is 5.43. The van der Waals surface area contributed by atoms with Gasteiger partial charge < -0.3 is 24.7 Å². The molecule has 0 bridgehead atoms. The lowest BCUT2D eigenvalue weighted by molar-refractivity contribution is -0.0971. The highest BCUT2D eigenvalue weighted by molar-refractivity contribution is 7.33. The second kappa shape index (κ2) is 11.6. The molecule has 6 rings (SSSR count). The lowest BCUT2D eigenvalue weighted by atomic mass is 9.80. The molecule has 1 aromatic heterocycles. The minimum atomic E-state index is -2.41. The van der Waals surface area contributed by atoms with Crippen LogP contribution in [-0.2, 0) is 28.7 Å². The van der Waals surface area contributed by atoms with Crippen molar-refractivity contribution >= 4 is 14.1 Å². The molecule has 4 aromatic rings. The van der Waals surface area contributed by atoms with Crippen LogP contribution >= 0.6 is 8.25 Å². The van der Waals surface area contributed by atoms with Crippen molar-refractivity contribution in [1.29, 1.82) is 0 Å². The molecule has 2 aliphatic heterocycles. The van der Waals surface area contributed by atoms with Gasteiger partial charge >= 0.3 is 13.9 Å². The summed E-state index contributed by atoms with van der Waals surface area (Å²) in [5.74, 6) is 1.47. The maximum absolute atomic E-state index is 12.7. The van der Waals surface area contributed by atoms with Gasteiger partial charge in [-0.2, -0.15) is 4.98 Å². The third-order valence-electron chi connectivity index (χ3n) is 7.46. The maximum atomic E-state index is 12.7. The Bertz CT molecular complexity index is 1570. The zero-order valence-corrected chi connectivity index (χ0v) is 23.8. The predicted octanol–water partition coefficient (Wildman–Crippen LogP) is 4.19. The van der Waals surface area contributed by atoms with Gasteiger partial charge in [-0.05, 0) is 47.0 Å². The fourth-order valence-corrected chi connectivity index (χ4v) is 6.36. The summed E-state index contributed by atoms with van der Waals surface area (Å²) in [6.07, 6.45) is -1.81. The first-order valence-corrected chi connectivity index (χ1v) is 14.3. The molecular weight excluding hydrogens is 561 g/mol. The molecule has 3 heterocycles. The van der Waals surface area contributed by atoms with Crippen LogP contribution in [0.2, 0.25) is 0 Å². The number of benzene rings is 3. The summed E-state index contributed by atoms with van der Waals surface area (Å²) in [6, 6.07) is 26.6. The molecule has 3 aromatic carbocycles. The first kappa shape index (κ1) is 28.0. The van der Waals surface area contributed by atoms with Gasteiger partial charge in [0, 0.05) is 10.8 Å². The van der Waals surface area contributed by atoms with Gasteiger partial charge in [0.15, 0.2) is 18.4 Å². The second-order valence-corrected chi connectivity index (χ2v) is 10.7. The number of anilines is 1. The topological polar surface area (TPSA) is 133 Å². The highest BCUT2D eigenvalue weighted by Gasteiger charge is 2.61. The molecule has 1 unspecified atom stereocenters. The molecule has 0 saturated carbocycles. The van der Waals surface area contributed by atoms with Crippen LogP contribution in [0.5, 0.6) is 11.5 Å². The minimum absolute atomic E-state index is 0.00565. The summed E-state index contributed by atoms with van der Waals surface area (Å²) in [4.78, 5) is 16.4. The van der Waals surface area contributed by atoms with E-state index in [1.807, 2.05) is 78.9 Å². The second-order valence-electron chi connectivity index (χ2n) is 9.79. The summed E-state index contributed by atoms with van der Waals surface area (Å²) < 4.78 is 48.9. The molecule has 2 N–H and O–H groups in total. The van der Waals surface area contributed by atoms with Crippen molar-refractivity contribution in [2.75, 3.05) is 26.6 Å². The van der Waals surface area contributed by atoms with Crippen LogP contribution in [0.1, 0.15) is 22.9 Å². The average Bonchev–Trinajstić information content (AvgIpc) is 3.56. The minimum Gasteiger partial charge on any atom is -0.497 e. The third kappa shape index (κ3) is 5.06. The zero-order chi connectivity index (χ0) is 29.3. The van der Waals surface area contributed by atoms with Crippen LogP contribution in [0, 0.1) is 0 Å². The monoisotopic (exact) mass is 590 g/mol. The van der Waals surface area contributed by atoms with E-state index in [1.165, 1.54) is 16.8 Å². The number of methoxy groups -OCH3 is 2. The Morgan fingerprint density at radius 3 is 2.00 bits per heavy atom. The summed E-state index contributed by atoms with van der Waals surface area (Å²) in [7, 11) is 0.809. The van der Waals surface area contributed by atoms with E-state index in [-0.39, 0.29) is 12.4 Å². The van der Waals surface area contributed by atoms with E-state index in [9.17, 15) is 9.36 Å². The zero-order valence-electron chi connectivity index (χ0n) is 22.9. The Morgan fingerprint density at radius 2 is 1.43 bits per heavy atom. The number of fused-ring (bicyclic) bond motifs is 1. The van der Waals surface area contributed by atoms with Crippen molar-refractivity contribution in [3.63, 3.8) is 0 Å². The Labute approximate surface area is 242 Å². The molecule has 0 radical (unpaired) electrons. The number of nitrogen functional groups attached to an aromatic ring is 1. The van der Waals surface area contributed by atoms with Crippen LogP contribution in [0.25, 0.3) is 0 Å². The SMILES string of the molecule is COc1ccc(C(OC[C@H]2O[C@@H](n3ccc(N)nc3=O)[C@@H]3O[P+](=O)O[C@@H]32)(c2ccccc2)c2ccc(OC)cc2)cc1. The van der Waals surface area contributed by atoms with Crippen LogP contribution in [0.15, 0.2) is 95.9 Å². The number of rotatable bonds is 9. The van der Waals surface area contributed by atoms with E-state index < -0.39 is 44.1 Å². The van der Waals surface area contributed by atoms with E-state index in [0.717, 1.165) is 16.7 Å². The molecule has 12 heteroatoms. The Balaban J connectivity index is 1.42. The van der Waals surface area contributed by atoms with Gasteiger partial charge in [-0.25, -0.2) is 4.79 Å². The van der Waals surface area contributed by atoms with Gasteiger partial charge in [0.2, 0.25) is 0 Å². The average molecular weight is 591 g/mol. The standard InChI is InChI=1S/C30H28N3O8P/c1-36-22-12-8-20(9-13-22)30(19-6-4-3-5-7-19,21-10-14-23(37-2)15-11-21)38-18-24-26-27(41-42(35)40-26)28(39-24)33-17-16-25(31)32-29(33)34/h3-17,24,26-28H,18H2,1-2H3,(H-,31,32,34)/p+1/t24-,26-,27-,28-/m1/s1. The molecule has 2 fully saturated rings. The van der Waals surface area contributed by atoms with E-state index in [1.54, 1.807) is 14.2 Å². The largest absolute Gasteiger partial charge is 0.698 e. The quantitative estimate of drug-likeness (QED) is 0.223. The first-order chi connectivity index (χ1) is 20.4. The molecule has 5 atom stereocenters. The lowest BCUT2D eigenvalue weighted by Gasteiger charge is -2.37. The van der Waals surface area contributed by atoms with Crippen molar-refractivity contribution in [2.45, 2.75) is 30.1 Å². The molecule has 42 heavy (non-hydrogen) atoms. The van der Waals surface area contributed by atoms with E-state index >= 15 is 0 Å². The Hall–Kier alpha value is -4.12. The van der Waals surface area contributed by atoms with E-state index in [0.29, 0.717) is 11.5 Å². The van der Waals surface area contributed by atoms with Crippen molar-refractivity contribution in [3.8, 4) is 11.5 Å². The predicted molar refractivity (Wildman–Crippen MR) is 152 cm³/mol. The molecule has 216 valence electrons. The normalized spacial score (nSPS) is 22.6. The number of nitrogens with two attached hydrogens (primary N) is 1. The summed E-state index contributed by atoms with van der Waals surface area (Å²) in [5, 5.41) is 0. The number of hydrogen-bond acceptors (Lipinski definition) is 10. The number of nitrogens with zero attached hydrogens (tertiary/aromatic N) is 2. The van der Waals surface area contributed by atoms with Crippen LogP contribution in [0.3, 0.4) is 0 Å². The molecule has 0 aliphatic carbocycles. The van der Waals surface area contributed by atoms with Gasteiger partial charge in [-0.3, -0.25) is 4.57 Å². The molecule has 0 spiro atoms. The molecule has 11 nitrogen and oxygen atoms in total. The molecule has 0 amide bonds. The molecule has 2 aliphatic rings. The summed E-state index contributed by atoms with van der Waals surface area (Å²) in [6.45, 7) is -0.00565. The van der Waals surface area contributed by atoms with Crippen molar-refractivity contribution in [1.82, 2.24) is 9.55 Å². The van der Waals surface area contributed by atoms with Crippen LogP contribution < -0.4 is 20.9 Å². The fraction of sp³-hybridized carbons (Fsp3) is 0.267. The first-order valence-electron chi connectivity index (χ1n) is 13.2. The number of hydrogen-bond donors (Lipinski definition) is 1. The Morgan fingerprint density at radius 1 is 0.857 bits per heavy atom. The highest BCUT2D eigenvalue weighted by Crippen LogP contribution is 2.50. The third-order valence-corrected chi connectivity index (χ3v) is 8.30. The van der Waals surface area contributed by atoms with Gasteiger partial charge in [0.05, 0.1) is 20.8 Å². The van der Waals surface area contributed by atoms with Gasteiger partial charge in [0.25, 0.3) is 0 Å². The van der Waals surface area contributed by atoms with Crippen molar-refractivity contribution < 1.29 is 32.6 Å². The summed E-state index contributed by atoms with van der Waals surface area (Å²) >= 11 is 0. The summed E-state index contributed by atoms with van der Waals surface area (Å²) in [5.41, 5.74) is 6.47. The van der Waals surface area contributed by atoms with Crippen molar-refractivity contribution in [3.05, 3.63) is 118 Å². The van der Waals surface area contributed by atoms with Crippen LogP contribution in [0.4, 0.5) is 5.82 Å². The smallest absolute Gasteiger partial charge is 0.497 e. The van der Waals surface area contributed by atoms with Crippen molar-refractivity contribution in [2.24, 2.45) is 0 Å². The van der Waals surface area contributed by atoms with Crippen LogP contribution in [-0.4, -0.2) is 48.7 Å².